The van der Waals surface area contributed by atoms with E-state index in [0.717, 1.165) is 12.0 Å². The highest BCUT2D eigenvalue weighted by Crippen LogP contribution is 2.32. The zero-order valence-corrected chi connectivity index (χ0v) is 7.07. The molecular formula is C9H7ClFO. The van der Waals surface area contributed by atoms with Crippen molar-refractivity contribution in [1.29, 1.82) is 0 Å². The molecule has 0 unspecified atom stereocenters. The van der Waals surface area contributed by atoms with Crippen molar-refractivity contribution >= 4 is 11.6 Å². The number of aryl methyl sites for hydroxylation is 1. The first-order valence-corrected chi connectivity index (χ1v) is 4.11. The van der Waals surface area contributed by atoms with Gasteiger partial charge in [-0.2, -0.15) is 0 Å². The molecule has 1 aromatic rings. The van der Waals surface area contributed by atoms with Gasteiger partial charge in [-0.25, -0.2) is 4.39 Å². The predicted molar refractivity (Wildman–Crippen MR) is 44.4 cm³/mol. The Morgan fingerprint density at radius 3 is 3.00 bits per heavy atom. The van der Waals surface area contributed by atoms with Gasteiger partial charge in [0.1, 0.15) is 11.6 Å². The van der Waals surface area contributed by atoms with Gasteiger partial charge in [-0.05, 0) is 30.2 Å². The second-order valence-corrected chi connectivity index (χ2v) is 3.13. The minimum absolute atomic E-state index is 0.227. The van der Waals surface area contributed by atoms with E-state index >= 15 is 0 Å². The van der Waals surface area contributed by atoms with Crippen LogP contribution in [0.1, 0.15) is 12.0 Å². The Balaban J connectivity index is 2.37. The summed E-state index contributed by atoms with van der Waals surface area (Å²) in [6.45, 7) is 0. The van der Waals surface area contributed by atoms with Gasteiger partial charge in [0.15, 0.2) is 0 Å². The molecule has 1 aromatic carbocycles. The minimum Gasteiger partial charge on any atom is -0.466 e. The molecule has 3 heteroatoms. The summed E-state index contributed by atoms with van der Waals surface area (Å²) in [7, 11) is 0. The van der Waals surface area contributed by atoms with E-state index in [1.165, 1.54) is 12.1 Å². The molecule has 0 saturated carbocycles. The van der Waals surface area contributed by atoms with Crippen molar-refractivity contribution in [2.24, 2.45) is 0 Å². The van der Waals surface area contributed by atoms with Crippen LogP contribution in [0.15, 0.2) is 18.2 Å². The maximum Gasteiger partial charge on any atom is 0.236 e. The maximum atomic E-state index is 12.7. The van der Waals surface area contributed by atoms with Gasteiger partial charge in [-0.15, -0.1) is 0 Å². The minimum atomic E-state index is -0.227. The van der Waals surface area contributed by atoms with Gasteiger partial charge in [0, 0.05) is 6.42 Å². The van der Waals surface area contributed by atoms with E-state index < -0.39 is 0 Å². The van der Waals surface area contributed by atoms with Gasteiger partial charge in [-0.3, -0.25) is 0 Å². The number of halogens is 2. The van der Waals surface area contributed by atoms with Crippen LogP contribution in [-0.2, 0) is 6.42 Å². The molecule has 1 nitrogen and oxygen atoms in total. The van der Waals surface area contributed by atoms with Crippen LogP contribution in [0.2, 0.25) is 0 Å². The number of hydrogen-bond acceptors (Lipinski definition) is 1. The van der Waals surface area contributed by atoms with E-state index in [1.807, 2.05) is 0 Å². The summed E-state index contributed by atoms with van der Waals surface area (Å²) in [5.41, 5.74) is 1.37. The van der Waals surface area contributed by atoms with E-state index in [4.69, 9.17) is 16.3 Å². The van der Waals surface area contributed by atoms with Gasteiger partial charge in [0.05, 0.1) is 0 Å². The Labute approximate surface area is 75.1 Å². The number of fused-ring (bicyclic) bond motifs is 1. The smallest absolute Gasteiger partial charge is 0.236 e. The Hall–Kier alpha value is -0.760. The average molecular weight is 186 g/mol. The van der Waals surface area contributed by atoms with E-state index in [9.17, 15) is 4.39 Å². The van der Waals surface area contributed by atoms with Gasteiger partial charge < -0.3 is 4.74 Å². The predicted octanol–water partition coefficient (Wildman–Crippen LogP) is 2.88. The van der Waals surface area contributed by atoms with Gasteiger partial charge in [0.2, 0.25) is 5.56 Å². The summed E-state index contributed by atoms with van der Waals surface area (Å²) in [4.78, 5) is 0. The van der Waals surface area contributed by atoms with Crippen molar-refractivity contribution in [3.63, 3.8) is 0 Å². The standard InChI is InChI=1S/C9H7ClFO/c10-9-4-1-6-5-7(11)2-3-8(6)12-9/h2-3,5H,1,4H2. The van der Waals surface area contributed by atoms with Crippen molar-refractivity contribution in [3.05, 3.63) is 35.1 Å². The first-order chi connectivity index (χ1) is 5.75. The second-order valence-electron chi connectivity index (χ2n) is 2.71. The second kappa shape index (κ2) is 2.94. The van der Waals surface area contributed by atoms with Crippen LogP contribution in [-0.4, -0.2) is 0 Å². The van der Waals surface area contributed by atoms with Crippen molar-refractivity contribution in [2.75, 3.05) is 0 Å². The number of hydrogen-bond donors (Lipinski definition) is 0. The maximum absolute atomic E-state index is 12.7. The zero-order chi connectivity index (χ0) is 8.55. The fraction of sp³-hybridized carbons (Fsp3) is 0.222. The normalized spacial score (nSPS) is 16.8. The summed E-state index contributed by atoms with van der Waals surface area (Å²) in [5, 5.41) is 0. The van der Waals surface area contributed by atoms with Gasteiger partial charge in [0.25, 0.3) is 0 Å². The SMILES string of the molecule is Fc1ccc2c(c1)CC[C](Cl)O2. The molecule has 0 saturated heterocycles. The lowest BCUT2D eigenvalue weighted by Crippen LogP contribution is -2.09. The molecule has 1 aliphatic heterocycles. The molecule has 1 aliphatic rings. The Morgan fingerprint density at radius 2 is 2.17 bits per heavy atom. The van der Waals surface area contributed by atoms with E-state index in [-0.39, 0.29) is 5.82 Å². The van der Waals surface area contributed by atoms with Gasteiger partial charge in [-0.1, -0.05) is 11.6 Å². The molecule has 2 rings (SSSR count). The monoisotopic (exact) mass is 185 g/mol. The molecule has 0 spiro atoms. The lowest BCUT2D eigenvalue weighted by atomic mass is 10.1. The summed E-state index contributed by atoms with van der Waals surface area (Å²) in [6.07, 6.45) is 1.42. The highest BCUT2D eigenvalue weighted by atomic mass is 35.5. The summed E-state index contributed by atoms with van der Waals surface area (Å²) in [6, 6.07) is 4.46. The Kier molecular flexibility index (Phi) is 1.93. The largest absolute Gasteiger partial charge is 0.466 e. The van der Waals surface area contributed by atoms with E-state index in [0.29, 0.717) is 17.7 Å². The lowest BCUT2D eigenvalue weighted by Gasteiger charge is -2.19. The van der Waals surface area contributed by atoms with Crippen LogP contribution in [0.25, 0.3) is 0 Å². The van der Waals surface area contributed by atoms with Crippen molar-refractivity contribution in [2.45, 2.75) is 12.8 Å². The lowest BCUT2D eigenvalue weighted by molar-refractivity contribution is 0.339. The molecule has 0 amide bonds. The first-order valence-electron chi connectivity index (χ1n) is 3.73. The highest BCUT2D eigenvalue weighted by molar-refractivity contribution is 6.25. The third kappa shape index (κ3) is 1.39. The van der Waals surface area contributed by atoms with E-state index in [2.05, 4.69) is 0 Å². The zero-order valence-electron chi connectivity index (χ0n) is 6.31. The molecule has 1 radical (unpaired) electrons. The quantitative estimate of drug-likeness (QED) is 0.604. The van der Waals surface area contributed by atoms with Gasteiger partial charge >= 0.3 is 0 Å². The fourth-order valence-corrected chi connectivity index (χ4v) is 1.42. The van der Waals surface area contributed by atoms with Crippen LogP contribution in [0.5, 0.6) is 5.75 Å². The van der Waals surface area contributed by atoms with Crippen molar-refractivity contribution in [3.8, 4) is 5.75 Å². The fourth-order valence-electron chi connectivity index (χ4n) is 1.25. The van der Waals surface area contributed by atoms with Crippen LogP contribution < -0.4 is 4.74 Å². The third-order valence-corrected chi connectivity index (χ3v) is 2.10. The average Bonchev–Trinajstić information content (AvgIpc) is 2.05. The summed E-state index contributed by atoms with van der Waals surface area (Å²) >= 11 is 5.68. The molecule has 0 aliphatic carbocycles. The molecule has 0 aromatic heterocycles. The number of rotatable bonds is 0. The van der Waals surface area contributed by atoms with Crippen LogP contribution >= 0.6 is 11.6 Å². The van der Waals surface area contributed by atoms with Crippen LogP contribution in [0.3, 0.4) is 0 Å². The van der Waals surface area contributed by atoms with Crippen molar-refractivity contribution in [1.82, 2.24) is 0 Å². The Bertz CT molecular complexity index is 301. The third-order valence-electron chi connectivity index (χ3n) is 1.83. The molecule has 63 valence electrons. The highest BCUT2D eigenvalue weighted by Gasteiger charge is 2.18. The summed E-state index contributed by atoms with van der Waals surface area (Å²) in [5.74, 6) is 0.447. The molecule has 0 atom stereocenters. The van der Waals surface area contributed by atoms with Crippen LogP contribution in [0.4, 0.5) is 4.39 Å². The van der Waals surface area contributed by atoms with Crippen LogP contribution in [0, 0.1) is 11.4 Å². The molecule has 0 N–H and O–H groups in total. The molecule has 0 bridgehead atoms. The first kappa shape index (κ1) is 7.87. The van der Waals surface area contributed by atoms with E-state index in [1.54, 1.807) is 6.07 Å². The molecular weight excluding hydrogens is 179 g/mol. The number of ether oxygens (including phenoxy) is 1. The molecule has 12 heavy (non-hydrogen) atoms. The number of benzene rings is 1. The molecule has 0 fully saturated rings. The van der Waals surface area contributed by atoms with Crippen molar-refractivity contribution < 1.29 is 9.13 Å². The molecule has 1 heterocycles. The summed E-state index contributed by atoms with van der Waals surface area (Å²) < 4.78 is 17.9. The Morgan fingerprint density at radius 1 is 1.33 bits per heavy atom. The topological polar surface area (TPSA) is 9.23 Å².